The van der Waals surface area contributed by atoms with E-state index >= 15 is 0 Å². The van der Waals surface area contributed by atoms with Crippen molar-refractivity contribution >= 4 is 32.2 Å². The largest absolute Gasteiger partial charge is 0.456 e. The molecule has 0 radical (unpaired) electrons. The molecule has 5 aromatic rings. The standard InChI is InChI=1S/C25H17ClO6S/c27-25-21-13-7-8-14-23(21)31-24-16-15-20(17-22(24)25)33(32-26(28,29)30,18-9-3-1-4-10-18)19-11-5-2-6-12-19/h1-17H. The van der Waals surface area contributed by atoms with E-state index < -0.39 is 20.6 Å². The fourth-order valence-corrected chi connectivity index (χ4v) is 8.06. The molecular formula is C25H17ClO6S. The van der Waals surface area contributed by atoms with Crippen molar-refractivity contribution in [2.75, 3.05) is 0 Å². The molecule has 33 heavy (non-hydrogen) atoms. The zero-order chi connectivity index (χ0) is 23.1. The van der Waals surface area contributed by atoms with Crippen molar-refractivity contribution in [3.05, 3.63) is 113 Å². The molecule has 0 unspecified atom stereocenters. The van der Waals surface area contributed by atoms with E-state index in [2.05, 4.69) is 0 Å². The first-order chi connectivity index (χ1) is 15.9. The molecule has 0 saturated carbocycles. The predicted molar refractivity (Wildman–Crippen MR) is 116 cm³/mol. The second-order valence-electron chi connectivity index (χ2n) is 7.21. The zero-order valence-electron chi connectivity index (χ0n) is 17.1. The van der Waals surface area contributed by atoms with Gasteiger partial charge in [-0.3, -0.25) is 4.79 Å². The molecule has 0 atom stereocenters. The monoisotopic (exact) mass is 480 g/mol. The van der Waals surface area contributed by atoms with Crippen molar-refractivity contribution in [1.29, 1.82) is 0 Å². The second-order valence-corrected chi connectivity index (χ2v) is 11.0. The SMILES string of the molecule is O=c1c2ccccc2oc2ccc(S(O[Cl+3]([O-])([O-])[O-])(c3ccccc3)c3ccccc3)cc12. The van der Waals surface area contributed by atoms with Gasteiger partial charge >= 0.3 is 0 Å². The van der Waals surface area contributed by atoms with E-state index in [4.69, 9.17) is 8.15 Å². The number of benzene rings is 4. The summed E-state index contributed by atoms with van der Waals surface area (Å²) in [5, 5.41) is 0.663. The molecule has 0 amide bonds. The van der Waals surface area contributed by atoms with Gasteiger partial charge in [0, 0.05) is 14.7 Å². The predicted octanol–water partition coefficient (Wildman–Crippen LogP) is 3.06. The topological polar surface area (TPSA) is 109 Å². The van der Waals surface area contributed by atoms with Crippen molar-refractivity contribution in [2.24, 2.45) is 0 Å². The molecule has 1 heterocycles. The van der Waals surface area contributed by atoms with Gasteiger partial charge < -0.3 is 4.42 Å². The number of fused-ring (bicyclic) bond motifs is 2. The first kappa shape index (κ1) is 21.7. The molecule has 5 rings (SSSR count). The summed E-state index contributed by atoms with van der Waals surface area (Å²) >= 11 is 0. The van der Waals surface area contributed by atoms with Crippen LogP contribution in [0.5, 0.6) is 0 Å². The van der Waals surface area contributed by atoms with Gasteiger partial charge in [-0.25, -0.2) is 0 Å². The van der Waals surface area contributed by atoms with Crippen LogP contribution >= 0.6 is 10.3 Å². The molecule has 6 nitrogen and oxygen atoms in total. The van der Waals surface area contributed by atoms with Gasteiger partial charge in [0.1, 0.15) is 14.9 Å². The molecule has 4 aromatic carbocycles. The third-order valence-corrected chi connectivity index (χ3v) is 9.36. The Morgan fingerprint density at radius 2 is 1.18 bits per heavy atom. The molecule has 0 N–H and O–H groups in total. The maximum Gasteiger partial charge on any atom is 0.200 e. The molecule has 0 saturated heterocycles. The van der Waals surface area contributed by atoms with Crippen LogP contribution in [0.4, 0.5) is 0 Å². The highest BCUT2D eigenvalue weighted by atomic mass is 35.7. The summed E-state index contributed by atoms with van der Waals surface area (Å²) < 4.78 is 47.3. The second kappa shape index (κ2) is 8.31. The summed E-state index contributed by atoms with van der Waals surface area (Å²) in [6, 6.07) is 29.0. The minimum Gasteiger partial charge on any atom is -0.456 e. The Labute approximate surface area is 192 Å². The van der Waals surface area contributed by atoms with E-state index in [1.165, 1.54) is 0 Å². The molecule has 0 aliphatic heterocycles. The van der Waals surface area contributed by atoms with E-state index in [0.29, 0.717) is 31.2 Å². The van der Waals surface area contributed by atoms with Crippen molar-refractivity contribution in [2.45, 2.75) is 14.7 Å². The normalized spacial score (nSPS) is 12.8. The van der Waals surface area contributed by atoms with Gasteiger partial charge in [-0.15, -0.1) is 0 Å². The molecule has 0 spiro atoms. The van der Waals surface area contributed by atoms with Crippen LogP contribution in [0.2, 0.25) is 0 Å². The van der Waals surface area contributed by atoms with Crippen LogP contribution in [0.1, 0.15) is 0 Å². The molecule has 0 aliphatic carbocycles. The van der Waals surface area contributed by atoms with Crippen LogP contribution in [0.15, 0.2) is 127 Å². The fourth-order valence-electron chi connectivity index (χ4n) is 3.82. The third kappa shape index (κ3) is 3.91. The van der Waals surface area contributed by atoms with E-state index in [9.17, 15) is 18.8 Å². The highest BCUT2D eigenvalue weighted by Gasteiger charge is 2.46. The maximum absolute atomic E-state index is 13.3. The number of para-hydroxylation sites is 1. The summed E-state index contributed by atoms with van der Waals surface area (Å²) in [6.45, 7) is 0. The number of rotatable bonds is 5. The van der Waals surface area contributed by atoms with Gasteiger partial charge in [0.15, 0.2) is 0 Å². The van der Waals surface area contributed by atoms with Gasteiger partial charge in [0.25, 0.3) is 0 Å². The van der Waals surface area contributed by atoms with Crippen molar-refractivity contribution < 1.29 is 32.4 Å². The smallest absolute Gasteiger partial charge is 0.200 e. The lowest BCUT2D eigenvalue weighted by Gasteiger charge is -2.34. The summed E-state index contributed by atoms with van der Waals surface area (Å²) in [4.78, 5) is 14.6. The third-order valence-electron chi connectivity index (χ3n) is 5.20. The lowest BCUT2D eigenvalue weighted by Crippen LogP contribution is -2.61. The highest BCUT2D eigenvalue weighted by Crippen LogP contribution is 2.70. The molecule has 1 aromatic heterocycles. The molecule has 166 valence electrons. The van der Waals surface area contributed by atoms with Crippen LogP contribution < -0.4 is 19.4 Å². The Balaban J connectivity index is 1.87. The Kier molecular flexibility index (Phi) is 5.46. The first-order valence-corrected chi connectivity index (χ1v) is 12.7. The average molecular weight is 481 g/mol. The molecular weight excluding hydrogens is 464 g/mol. The van der Waals surface area contributed by atoms with E-state index in [1.807, 2.05) is 0 Å². The number of hydrogen-bond donors (Lipinski definition) is 0. The average Bonchev–Trinajstić information content (AvgIpc) is 2.83. The summed E-state index contributed by atoms with van der Waals surface area (Å²) in [5.74, 6) is 0. The molecule has 0 aliphatic rings. The Morgan fingerprint density at radius 3 is 1.79 bits per heavy atom. The van der Waals surface area contributed by atoms with Crippen LogP contribution in [0, 0.1) is 10.2 Å². The van der Waals surface area contributed by atoms with E-state index in [0.717, 1.165) is 0 Å². The van der Waals surface area contributed by atoms with E-state index in [1.54, 1.807) is 103 Å². The van der Waals surface area contributed by atoms with Crippen molar-refractivity contribution in [3.8, 4) is 0 Å². The van der Waals surface area contributed by atoms with Gasteiger partial charge in [0.2, 0.25) is 5.43 Å². The van der Waals surface area contributed by atoms with Gasteiger partial charge in [-0.1, -0.05) is 48.5 Å². The highest BCUT2D eigenvalue weighted by molar-refractivity contribution is 8.29. The lowest BCUT2D eigenvalue weighted by molar-refractivity contribution is -1.91. The minimum absolute atomic E-state index is 0.259. The summed E-state index contributed by atoms with van der Waals surface area (Å²) in [6.07, 6.45) is 0. The maximum atomic E-state index is 13.3. The van der Waals surface area contributed by atoms with Gasteiger partial charge in [0.05, 0.1) is 31.3 Å². The lowest BCUT2D eigenvalue weighted by atomic mass is 10.1. The Bertz CT molecular complexity index is 1460. The quantitative estimate of drug-likeness (QED) is 0.358. The van der Waals surface area contributed by atoms with Crippen molar-refractivity contribution in [1.82, 2.24) is 0 Å². The zero-order valence-corrected chi connectivity index (χ0v) is 18.6. The Morgan fingerprint density at radius 1 is 0.636 bits per heavy atom. The van der Waals surface area contributed by atoms with Crippen LogP contribution in [-0.4, -0.2) is 0 Å². The number of halogens is 1. The Hall–Kier alpha value is -3.17. The van der Waals surface area contributed by atoms with Crippen LogP contribution in [0.25, 0.3) is 21.9 Å². The van der Waals surface area contributed by atoms with Gasteiger partial charge in [-0.2, -0.15) is 14.0 Å². The number of hydrogen-bond acceptors (Lipinski definition) is 6. The summed E-state index contributed by atoms with van der Waals surface area (Å²) in [7, 11) is -7.86. The minimum atomic E-state index is -4.82. The fraction of sp³-hybridized carbons (Fsp3) is 0. The molecule has 0 bridgehead atoms. The molecule has 8 heteroatoms. The van der Waals surface area contributed by atoms with Gasteiger partial charge in [-0.05, 0) is 54.6 Å². The van der Waals surface area contributed by atoms with Crippen LogP contribution in [-0.2, 0) is 3.74 Å². The van der Waals surface area contributed by atoms with E-state index in [-0.39, 0.29) is 10.8 Å². The van der Waals surface area contributed by atoms with Crippen molar-refractivity contribution in [3.63, 3.8) is 0 Å². The van der Waals surface area contributed by atoms with Crippen LogP contribution in [0.3, 0.4) is 0 Å². The molecule has 0 fully saturated rings. The summed E-state index contributed by atoms with van der Waals surface area (Å²) in [5.41, 5.74) is 0.537. The first-order valence-electron chi connectivity index (χ1n) is 9.90.